The van der Waals surface area contributed by atoms with Crippen molar-refractivity contribution in [3.8, 4) is 22.4 Å². The van der Waals surface area contributed by atoms with Gasteiger partial charge in [-0.3, -0.25) is 4.79 Å². The van der Waals surface area contributed by atoms with Gasteiger partial charge in [0.15, 0.2) is 0 Å². The van der Waals surface area contributed by atoms with Gasteiger partial charge in [-0.15, -0.1) is 0 Å². The predicted octanol–water partition coefficient (Wildman–Crippen LogP) is 6.90. The van der Waals surface area contributed by atoms with Gasteiger partial charge in [0.1, 0.15) is 0 Å². The molecule has 0 radical (unpaired) electrons. The maximum absolute atomic E-state index is 12.3. The number of carbonyl (C=O) groups is 1. The summed E-state index contributed by atoms with van der Waals surface area (Å²) in [5.41, 5.74) is 14.7. The van der Waals surface area contributed by atoms with E-state index in [0.29, 0.717) is 11.5 Å². The van der Waals surface area contributed by atoms with Crippen molar-refractivity contribution in [2.75, 3.05) is 5.32 Å². The first-order valence-corrected chi connectivity index (χ1v) is 12.1. The van der Waals surface area contributed by atoms with Crippen LogP contribution in [0.2, 0.25) is 0 Å². The van der Waals surface area contributed by atoms with E-state index in [1.807, 2.05) is 74.6 Å². The van der Waals surface area contributed by atoms with Crippen LogP contribution in [0.3, 0.4) is 0 Å². The fourth-order valence-corrected chi connectivity index (χ4v) is 4.97. The maximum atomic E-state index is 12.3. The van der Waals surface area contributed by atoms with Gasteiger partial charge < -0.3 is 16.0 Å². The van der Waals surface area contributed by atoms with E-state index in [9.17, 15) is 4.79 Å². The molecule has 6 rings (SSSR count). The van der Waals surface area contributed by atoms with Gasteiger partial charge in [0.2, 0.25) is 11.9 Å². The molecule has 6 nitrogen and oxygen atoms in total. The molecule has 0 atom stereocenters. The number of rotatable bonds is 5. The largest absolute Gasteiger partial charge is 0.366 e. The average molecular weight is 484 g/mol. The molecular formula is C31H25N5O. The number of nitrogens with one attached hydrogen (secondary N) is 2. The fourth-order valence-electron chi connectivity index (χ4n) is 4.97. The SMILES string of the molecule is Cc1cccc(C)c1-c1cc(Nc2nc(-c3ccc4[nH]ccc4c3)c3ccccc3n2)ccc1C(N)=O. The number of benzene rings is 4. The first kappa shape index (κ1) is 22.5. The van der Waals surface area contributed by atoms with Gasteiger partial charge >= 0.3 is 0 Å². The van der Waals surface area contributed by atoms with Gasteiger partial charge in [-0.1, -0.05) is 42.5 Å². The number of fused-ring (bicyclic) bond motifs is 2. The van der Waals surface area contributed by atoms with Gasteiger partial charge in [0.05, 0.1) is 11.2 Å². The minimum absolute atomic E-state index is 0.464. The van der Waals surface area contributed by atoms with Crippen LogP contribution in [-0.2, 0) is 0 Å². The van der Waals surface area contributed by atoms with Gasteiger partial charge in [-0.25, -0.2) is 9.97 Å². The van der Waals surface area contributed by atoms with E-state index >= 15 is 0 Å². The van der Waals surface area contributed by atoms with Gasteiger partial charge in [0, 0.05) is 39.3 Å². The number of hydrogen-bond donors (Lipinski definition) is 3. The number of primary amides is 1. The third kappa shape index (κ3) is 4.08. The first-order chi connectivity index (χ1) is 18.0. The molecule has 0 spiro atoms. The lowest BCUT2D eigenvalue weighted by Gasteiger charge is -2.16. The van der Waals surface area contributed by atoms with Crippen molar-refractivity contribution >= 4 is 39.3 Å². The Hall–Kier alpha value is -4.97. The summed E-state index contributed by atoms with van der Waals surface area (Å²) in [6, 6.07) is 27.9. The van der Waals surface area contributed by atoms with E-state index in [4.69, 9.17) is 15.7 Å². The molecule has 37 heavy (non-hydrogen) atoms. The molecule has 1 amide bonds. The van der Waals surface area contributed by atoms with Crippen LogP contribution < -0.4 is 11.1 Å². The Morgan fingerprint density at radius 1 is 0.865 bits per heavy atom. The minimum Gasteiger partial charge on any atom is -0.366 e. The Morgan fingerprint density at radius 2 is 1.68 bits per heavy atom. The lowest BCUT2D eigenvalue weighted by Crippen LogP contribution is -2.13. The third-order valence-corrected chi connectivity index (χ3v) is 6.72. The third-order valence-electron chi connectivity index (χ3n) is 6.72. The molecule has 0 aliphatic rings. The Balaban J connectivity index is 1.48. The molecule has 4 N–H and O–H groups in total. The van der Waals surface area contributed by atoms with Crippen LogP contribution in [0.4, 0.5) is 11.6 Å². The summed E-state index contributed by atoms with van der Waals surface area (Å²) in [7, 11) is 0. The number of nitrogens with zero attached hydrogens (tertiary/aromatic N) is 2. The van der Waals surface area contributed by atoms with E-state index in [2.05, 4.69) is 34.6 Å². The number of aromatic nitrogens is 3. The van der Waals surface area contributed by atoms with E-state index in [1.165, 1.54) is 0 Å². The first-order valence-electron chi connectivity index (χ1n) is 12.1. The Bertz CT molecular complexity index is 1800. The monoisotopic (exact) mass is 483 g/mol. The molecule has 0 saturated carbocycles. The van der Waals surface area contributed by atoms with Crippen LogP contribution in [-0.4, -0.2) is 20.9 Å². The molecule has 2 heterocycles. The summed E-state index contributed by atoms with van der Waals surface area (Å²) in [6.45, 7) is 4.07. The number of anilines is 2. The number of aromatic amines is 1. The lowest BCUT2D eigenvalue weighted by molar-refractivity contribution is 0.100. The number of aryl methyl sites for hydroxylation is 2. The van der Waals surface area contributed by atoms with Gasteiger partial charge in [-0.05, 0) is 78.6 Å². The summed E-state index contributed by atoms with van der Waals surface area (Å²) in [5.74, 6) is 0.00994. The van der Waals surface area contributed by atoms with Gasteiger partial charge in [0.25, 0.3) is 0 Å². The summed E-state index contributed by atoms with van der Waals surface area (Å²) in [4.78, 5) is 25.2. The van der Waals surface area contributed by atoms with Crippen molar-refractivity contribution in [1.82, 2.24) is 15.0 Å². The van der Waals surface area contributed by atoms with E-state index < -0.39 is 5.91 Å². The molecule has 180 valence electrons. The highest BCUT2D eigenvalue weighted by Gasteiger charge is 2.16. The Kier molecular flexibility index (Phi) is 5.42. The predicted molar refractivity (Wildman–Crippen MR) is 150 cm³/mol. The van der Waals surface area contributed by atoms with E-state index in [-0.39, 0.29) is 0 Å². The molecule has 4 aromatic carbocycles. The summed E-state index contributed by atoms with van der Waals surface area (Å²) < 4.78 is 0. The fraction of sp³-hybridized carbons (Fsp3) is 0.0645. The maximum Gasteiger partial charge on any atom is 0.249 e. The molecule has 0 aliphatic heterocycles. The zero-order valence-corrected chi connectivity index (χ0v) is 20.5. The highest BCUT2D eigenvalue weighted by molar-refractivity contribution is 6.01. The highest BCUT2D eigenvalue weighted by atomic mass is 16.1. The summed E-state index contributed by atoms with van der Waals surface area (Å²) in [5, 5.41) is 5.47. The number of H-pyrrole nitrogens is 1. The van der Waals surface area contributed by atoms with Crippen molar-refractivity contribution < 1.29 is 4.79 Å². The molecule has 0 aliphatic carbocycles. The molecular weight excluding hydrogens is 458 g/mol. The van der Waals surface area contributed by atoms with Crippen molar-refractivity contribution in [3.63, 3.8) is 0 Å². The minimum atomic E-state index is -0.464. The van der Waals surface area contributed by atoms with Crippen LogP contribution in [0.1, 0.15) is 21.5 Å². The number of carbonyl (C=O) groups excluding carboxylic acids is 1. The van der Waals surface area contributed by atoms with Crippen molar-refractivity contribution in [2.24, 2.45) is 5.73 Å². The van der Waals surface area contributed by atoms with Crippen LogP contribution >= 0.6 is 0 Å². The van der Waals surface area contributed by atoms with Crippen LogP contribution in [0.15, 0.2) is 91.1 Å². The molecule has 0 unspecified atom stereocenters. The number of amides is 1. The number of para-hydroxylation sites is 1. The molecule has 6 aromatic rings. The van der Waals surface area contributed by atoms with Crippen molar-refractivity contribution in [3.05, 3.63) is 108 Å². The zero-order valence-electron chi connectivity index (χ0n) is 20.5. The molecule has 0 saturated heterocycles. The van der Waals surface area contributed by atoms with E-state index in [0.717, 1.165) is 61.0 Å². The number of nitrogens with two attached hydrogens (primary N) is 1. The second kappa shape index (κ2) is 8.91. The topological polar surface area (TPSA) is 96.7 Å². The smallest absolute Gasteiger partial charge is 0.249 e. The Labute approximate surface area is 214 Å². The Morgan fingerprint density at radius 3 is 2.49 bits per heavy atom. The highest BCUT2D eigenvalue weighted by Crippen LogP contribution is 2.34. The van der Waals surface area contributed by atoms with Gasteiger partial charge in [-0.2, -0.15) is 0 Å². The quantitative estimate of drug-likeness (QED) is 0.248. The van der Waals surface area contributed by atoms with Crippen LogP contribution in [0.5, 0.6) is 0 Å². The lowest BCUT2D eigenvalue weighted by atomic mass is 9.91. The summed E-state index contributed by atoms with van der Waals surface area (Å²) >= 11 is 0. The normalized spacial score (nSPS) is 11.2. The average Bonchev–Trinajstić information content (AvgIpc) is 3.36. The van der Waals surface area contributed by atoms with E-state index in [1.54, 1.807) is 6.07 Å². The van der Waals surface area contributed by atoms with Crippen molar-refractivity contribution in [1.29, 1.82) is 0 Å². The standard InChI is InChI=1S/C31H25N5O/c1-18-6-5-7-19(2)28(18)25-17-22(11-12-23(25)30(32)37)34-31-35-27-9-4-3-8-24(27)29(36-31)21-10-13-26-20(16-21)14-15-33-26/h3-17,33H,1-2H3,(H2,32,37)(H,34,35,36). The molecule has 0 bridgehead atoms. The second-order valence-corrected chi connectivity index (χ2v) is 9.21. The second-order valence-electron chi connectivity index (χ2n) is 9.21. The molecule has 2 aromatic heterocycles. The number of hydrogen-bond acceptors (Lipinski definition) is 4. The summed E-state index contributed by atoms with van der Waals surface area (Å²) in [6.07, 6.45) is 1.93. The molecule has 0 fully saturated rings. The van der Waals surface area contributed by atoms with Crippen LogP contribution in [0, 0.1) is 13.8 Å². The zero-order chi connectivity index (χ0) is 25.5. The van der Waals surface area contributed by atoms with Crippen LogP contribution in [0.25, 0.3) is 44.2 Å². The molecule has 6 heteroatoms. The van der Waals surface area contributed by atoms with Crippen molar-refractivity contribution in [2.45, 2.75) is 13.8 Å².